The molecule has 0 saturated carbocycles. The molecular weight excluding hydrogens is 351 g/mol. The highest BCUT2D eigenvalue weighted by atomic mass is 29.9. The predicted molar refractivity (Wildman–Crippen MR) is 112 cm³/mol. The summed E-state index contributed by atoms with van der Waals surface area (Å²) in [6, 6.07) is 0. The number of rotatable bonds is 5. The fraction of sp³-hybridized carbons (Fsp3) is 0.812. The fourth-order valence-corrected chi connectivity index (χ4v) is 100.0. The van der Waals surface area contributed by atoms with E-state index in [1.165, 1.54) is 0 Å². The molecule has 1 aliphatic heterocycles. The summed E-state index contributed by atoms with van der Waals surface area (Å²) in [5.41, 5.74) is 2.36. The van der Waals surface area contributed by atoms with E-state index < -0.39 is 29.4 Å². The number of hydrogen-bond donors (Lipinski definition) is 0. The van der Waals surface area contributed by atoms with Crippen LogP contribution in [-0.4, -0.2) is 52.5 Å². The first kappa shape index (κ1) is 20.9. The third-order valence-corrected chi connectivity index (χ3v) is 76.5. The molecule has 1 saturated heterocycles. The van der Waals surface area contributed by atoms with E-state index in [1.807, 2.05) is 4.90 Å². The number of carbonyl (C=O) groups excluding carboxylic acids is 1. The molecule has 7 heteroatoms. The highest BCUT2D eigenvalue weighted by molar-refractivity contribution is 7.90. The van der Waals surface area contributed by atoms with Crippen LogP contribution in [0.15, 0.2) is 11.9 Å². The standard InChI is InChI=1S/C16H37NO2Si4/c1-16(2)14-19-15(18)17(16)12-13-23(20(3,4)5,21(6,7)8)22(9,10)11/h12-13H,14H2,1-11H3. The average molecular weight is 388 g/mol. The Morgan fingerprint density at radius 2 is 1.30 bits per heavy atom. The molecule has 0 unspecified atom stereocenters. The van der Waals surface area contributed by atoms with Gasteiger partial charge in [-0.3, -0.25) is 4.90 Å². The molecule has 134 valence electrons. The van der Waals surface area contributed by atoms with Crippen molar-refractivity contribution in [1.29, 1.82) is 0 Å². The highest BCUT2D eigenvalue weighted by Crippen LogP contribution is 2.38. The Morgan fingerprint density at radius 3 is 1.57 bits per heavy atom. The number of hydrogen-bond acceptors (Lipinski definition) is 2. The van der Waals surface area contributed by atoms with Gasteiger partial charge in [-0.2, -0.15) is 0 Å². The SMILES string of the molecule is CC1(C)COC(=O)N1C=C[Si]([Si](C)(C)C)([Si](C)(C)C)[Si](C)(C)C. The summed E-state index contributed by atoms with van der Waals surface area (Å²) < 4.78 is 5.29. The Bertz CT molecular complexity index is 460. The Kier molecular flexibility index (Phi) is 5.45. The second kappa shape index (κ2) is 6.00. The minimum absolute atomic E-state index is 0.184. The normalized spacial score (nSPS) is 20.3. The second-order valence-corrected chi connectivity index (χ2v) is 51.2. The first-order valence-corrected chi connectivity index (χ1v) is 24.2. The third kappa shape index (κ3) is 3.62. The molecule has 1 amide bonds. The van der Waals surface area contributed by atoms with Crippen LogP contribution in [0.2, 0.25) is 58.9 Å². The molecule has 1 aliphatic rings. The molecule has 1 rings (SSSR count). The van der Waals surface area contributed by atoms with Crippen molar-refractivity contribution < 1.29 is 9.53 Å². The molecule has 0 aromatic carbocycles. The van der Waals surface area contributed by atoms with Crippen molar-refractivity contribution >= 4 is 35.5 Å². The lowest BCUT2D eigenvalue weighted by Crippen LogP contribution is -2.82. The smallest absolute Gasteiger partial charge is 0.414 e. The van der Waals surface area contributed by atoms with E-state index in [-0.39, 0.29) is 11.6 Å². The zero-order chi connectivity index (χ0) is 18.5. The van der Waals surface area contributed by atoms with Gasteiger partial charge in [0.2, 0.25) is 0 Å². The van der Waals surface area contributed by atoms with Crippen molar-refractivity contribution in [2.24, 2.45) is 0 Å². The number of amides is 1. The number of nitrogens with zero attached hydrogens (tertiary/aromatic N) is 1. The lowest BCUT2D eigenvalue weighted by molar-refractivity contribution is 0.166. The van der Waals surface area contributed by atoms with E-state index in [4.69, 9.17) is 4.74 Å². The van der Waals surface area contributed by atoms with E-state index in [2.05, 4.69) is 84.7 Å². The van der Waals surface area contributed by atoms with E-state index in [0.717, 1.165) is 0 Å². The van der Waals surface area contributed by atoms with Gasteiger partial charge in [-0.25, -0.2) is 4.79 Å². The molecule has 0 spiro atoms. The van der Waals surface area contributed by atoms with Crippen molar-refractivity contribution in [3.05, 3.63) is 11.9 Å². The molecule has 1 heterocycles. The topological polar surface area (TPSA) is 29.5 Å². The minimum Gasteiger partial charge on any atom is -0.447 e. The summed E-state index contributed by atoms with van der Waals surface area (Å²) in [7, 11) is -4.05. The van der Waals surface area contributed by atoms with Gasteiger partial charge >= 0.3 is 6.09 Å². The van der Waals surface area contributed by atoms with E-state index >= 15 is 0 Å². The van der Waals surface area contributed by atoms with Crippen LogP contribution >= 0.6 is 0 Å². The predicted octanol–water partition coefficient (Wildman–Crippen LogP) is 4.97. The Hall–Kier alpha value is -0.122. The Morgan fingerprint density at radius 1 is 0.913 bits per heavy atom. The summed E-state index contributed by atoms with van der Waals surface area (Å²) in [6.45, 7) is 26.2. The molecule has 23 heavy (non-hydrogen) atoms. The summed E-state index contributed by atoms with van der Waals surface area (Å²) in [6.07, 6.45) is 1.95. The summed E-state index contributed by atoms with van der Waals surface area (Å²) in [4.78, 5) is 14.0. The van der Waals surface area contributed by atoms with Gasteiger partial charge in [0.1, 0.15) is 6.61 Å². The quantitative estimate of drug-likeness (QED) is 0.623. The van der Waals surface area contributed by atoms with Crippen molar-refractivity contribution in [2.45, 2.75) is 78.3 Å². The third-order valence-electron chi connectivity index (χ3n) is 5.42. The van der Waals surface area contributed by atoms with Gasteiger partial charge in [-0.15, -0.1) is 0 Å². The fourth-order valence-electron chi connectivity index (χ4n) is 5.20. The molecule has 0 atom stereocenters. The maximum atomic E-state index is 12.2. The molecular formula is C16H37NO2Si4. The highest BCUT2D eigenvalue weighted by Gasteiger charge is 2.60. The molecule has 1 fully saturated rings. The minimum atomic E-state index is -1.57. The molecule has 0 radical (unpaired) electrons. The van der Waals surface area contributed by atoms with Gasteiger partial charge in [-0.1, -0.05) is 64.6 Å². The van der Waals surface area contributed by atoms with Crippen LogP contribution in [0.4, 0.5) is 4.79 Å². The Balaban J connectivity index is 3.49. The Labute approximate surface area is 146 Å². The van der Waals surface area contributed by atoms with Crippen LogP contribution in [-0.2, 0) is 4.74 Å². The molecule has 0 aliphatic carbocycles. The lowest BCUT2D eigenvalue weighted by atomic mass is 10.1. The number of ether oxygens (including phenoxy) is 1. The summed E-state index contributed by atoms with van der Waals surface area (Å²) in [5.74, 6) is 0. The molecule has 0 aromatic heterocycles. The van der Waals surface area contributed by atoms with Crippen molar-refractivity contribution in [3.8, 4) is 0 Å². The number of carbonyl (C=O) groups is 1. The van der Waals surface area contributed by atoms with Crippen LogP contribution in [0.5, 0.6) is 0 Å². The van der Waals surface area contributed by atoms with Gasteiger partial charge < -0.3 is 4.74 Å². The zero-order valence-electron chi connectivity index (χ0n) is 17.1. The van der Waals surface area contributed by atoms with Gasteiger partial charge in [0.05, 0.1) is 12.2 Å². The molecule has 0 bridgehead atoms. The number of cyclic esters (lactones) is 1. The molecule has 0 N–H and O–H groups in total. The first-order chi connectivity index (χ1) is 9.97. The van der Waals surface area contributed by atoms with Crippen molar-refractivity contribution in [3.63, 3.8) is 0 Å². The van der Waals surface area contributed by atoms with Gasteiger partial charge in [0.15, 0.2) is 0 Å². The van der Waals surface area contributed by atoms with Gasteiger partial charge in [0.25, 0.3) is 0 Å². The second-order valence-electron chi connectivity index (χ2n) is 10.6. The van der Waals surface area contributed by atoms with Crippen LogP contribution < -0.4 is 0 Å². The van der Waals surface area contributed by atoms with Crippen LogP contribution in [0, 0.1) is 0 Å². The zero-order valence-corrected chi connectivity index (χ0v) is 21.1. The maximum Gasteiger partial charge on any atom is 0.414 e. The van der Waals surface area contributed by atoms with Gasteiger partial charge in [-0.05, 0) is 13.8 Å². The monoisotopic (exact) mass is 387 g/mol. The first-order valence-electron chi connectivity index (χ1n) is 8.63. The maximum absolute atomic E-state index is 12.2. The van der Waals surface area contributed by atoms with E-state index in [0.29, 0.717) is 6.61 Å². The summed E-state index contributed by atoms with van der Waals surface area (Å²) in [5, 5.41) is 0. The van der Waals surface area contributed by atoms with Crippen LogP contribution in [0.25, 0.3) is 0 Å². The van der Waals surface area contributed by atoms with E-state index in [1.54, 1.807) is 0 Å². The van der Waals surface area contributed by atoms with Gasteiger partial charge in [0, 0.05) is 29.0 Å². The van der Waals surface area contributed by atoms with Crippen molar-refractivity contribution in [1.82, 2.24) is 4.90 Å². The van der Waals surface area contributed by atoms with Crippen LogP contribution in [0.3, 0.4) is 0 Å². The summed E-state index contributed by atoms with van der Waals surface area (Å²) >= 11 is 0. The molecule has 0 aromatic rings. The molecule has 3 nitrogen and oxygen atoms in total. The van der Waals surface area contributed by atoms with Crippen molar-refractivity contribution in [2.75, 3.05) is 6.61 Å². The van der Waals surface area contributed by atoms with Crippen LogP contribution in [0.1, 0.15) is 13.8 Å². The largest absolute Gasteiger partial charge is 0.447 e. The van der Waals surface area contributed by atoms with E-state index in [9.17, 15) is 4.79 Å². The average Bonchev–Trinajstić information content (AvgIpc) is 2.50. The lowest BCUT2D eigenvalue weighted by Gasteiger charge is -2.56.